The zero-order valence-electron chi connectivity index (χ0n) is 17.2. The minimum atomic E-state index is -0.664. The van der Waals surface area contributed by atoms with Gasteiger partial charge in [0.05, 0.1) is 16.6 Å². The van der Waals surface area contributed by atoms with E-state index in [-0.39, 0.29) is 23.3 Å². The van der Waals surface area contributed by atoms with Gasteiger partial charge in [0, 0.05) is 16.2 Å². The largest absolute Gasteiger partial charge is 0.457 e. The molecule has 0 spiro atoms. The topological polar surface area (TPSA) is 74.3 Å². The fraction of sp³-hybridized carbons (Fsp3) is 0.0800. The number of hydrogen-bond acceptors (Lipinski definition) is 4. The van der Waals surface area contributed by atoms with Crippen molar-refractivity contribution < 1.29 is 14.0 Å². The van der Waals surface area contributed by atoms with Crippen LogP contribution in [0.3, 0.4) is 0 Å². The van der Waals surface area contributed by atoms with E-state index in [0.29, 0.717) is 37.7 Å². The van der Waals surface area contributed by atoms with Crippen LogP contribution in [-0.4, -0.2) is 16.7 Å². The summed E-state index contributed by atoms with van der Waals surface area (Å²) in [5.41, 5.74) is 1.53. The van der Waals surface area contributed by atoms with Gasteiger partial charge in [-0.1, -0.05) is 59.1 Å². The zero-order valence-corrected chi connectivity index (χ0v) is 19.5. The van der Waals surface area contributed by atoms with Gasteiger partial charge in [0.2, 0.25) is 0 Å². The summed E-state index contributed by atoms with van der Waals surface area (Å²) < 4.78 is 5.87. The lowest BCUT2D eigenvalue weighted by atomic mass is 9.94. The van der Waals surface area contributed by atoms with Gasteiger partial charge in [-0.05, 0) is 54.5 Å². The highest BCUT2D eigenvalue weighted by molar-refractivity contribution is 6.43. The summed E-state index contributed by atoms with van der Waals surface area (Å²) in [6, 6.07) is 17.4. The Hall–Kier alpha value is -3.30. The first kappa shape index (κ1) is 22.9. The van der Waals surface area contributed by atoms with Gasteiger partial charge in [0.25, 0.3) is 11.8 Å². The predicted molar refractivity (Wildman–Crippen MR) is 127 cm³/mol. The van der Waals surface area contributed by atoms with Crippen LogP contribution in [0.5, 0.6) is 0 Å². The molecule has 0 bridgehead atoms. The highest BCUT2D eigenvalue weighted by atomic mass is 35.5. The lowest BCUT2D eigenvalue weighted by Crippen LogP contribution is -2.42. The molecule has 0 saturated heterocycles. The number of furan rings is 1. The van der Waals surface area contributed by atoms with Crippen molar-refractivity contribution in [2.75, 3.05) is 0 Å². The molecule has 2 aromatic carbocycles. The van der Waals surface area contributed by atoms with Crippen molar-refractivity contribution in [2.24, 2.45) is 0 Å². The van der Waals surface area contributed by atoms with Crippen LogP contribution in [0.1, 0.15) is 18.2 Å². The summed E-state index contributed by atoms with van der Waals surface area (Å²) >= 11 is 18.6. The molecule has 164 valence electrons. The number of nitriles is 1. The quantitative estimate of drug-likeness (QED) is 0.297. The minimum absolute atomic E-state index is 0.0608. The molecular weight excluding hydrogens is 483 g/mol. The molecule has 8 heteroatoms. The molecule has 4 rings (SSSR count). The number of benzene rings is 2. The van der Waals surface area contributed by atoms with Crippen molar-refractivity contribution in [3.63, 3.8) is 0 Å². The second-order valence-electron chi connectivity index (χ2n) is 7.26. The zero-order chi connectivity index (χ0) is 23.7. The third-order valence-corrected chi connectivity index (χ3v) is 6.43. The molecule has 0 saturated carbocycles. The maximum absolute atomic E-state index is 13.3. The SMILES string of the molecule is CC1=C(C#N)C(=O)N(Cc2ccccc2Cl)C(=O)/C1=C/c1ccc(-c2cccc(Cl)c2Cl)o1. The minimum Gasteiger partial charge on any atom is -0.457 e. The van der Waals surface area contributed by atoms with Crippen LogP contribution in [-0.2, 0) is 16.1 Å². The Morgan fingerprint density at radius 3 is 2.42 bits per heavy atom. The monoisotopic (exact) mass is 496 g/mol. The molecule has 5 nitrogen and oxygen atoms in total. The first-order valence-electron chi connectivity index (χ1n) is 9.78. The molecular formula is C25H15Cl3N2O3. The van der Waals surface area contributed by atoms with E-state index in [1.807, 2.05) is 6.07 Å². The molecule has 0 N–H and O–H groups in total. The number of carbonyl (C=O) groups excluding carboxylic acids is 2. The molecule has 0 aliphatic carbocycles. The van der Waals surface area contributed by atoms with Crippen molar-refractivity contribution in [2.45, 2.75) is 13.5 Å². The van der Waals surface area contributed by atoms with Gasteiger partial charge in [0.1, 0.15) is 23.2 Å². The third-order valence-electron chi connectivity index (χ3n) is 5.24. The predicted octanol–water partition coefficient (Wildman–Crippen LogP) is 6.70. The molecule has 2 heterocycles. The number of nitrogens with zero attached hydrogens (tertiary/aromatic N) is 2. The van der Waals surface area contributed by atoms with Crippen LogP contribution in [0.4, 0.5) is 0 Å². The Kier molecular flexibility index (Phi) is 6.44. The van der Waals surface area contributed by atoms with Crippen molar-refractivity contribution in [3.8, 4) is 17.4 Å². The number of amides is 2. The van der Waals surface area contributed by atoms with Gasteiger partial charge in [-0.2, -0.15) is 5.26 Å². The number of imide groups is 1. The Morgan fingerprint density at radius 2 is 1.70 bits per heavy atom. The lowest BCUT2D eigenvalue weighted by Gasteiger charge is -2.27. The Balaban J connectivity index is 1.74. The summed E-state index contributed by atoms with van der Waals surface area (Å²) in [4.78, 5) is 27.1. The van der Waals surface area contributed by atoms with Gasteiger partial charge < -0.3 is 4.42 Å². The van der Waals surface area contributed by atoms with Crippen LogP contribution in [0.2, 0.25) is 15.1 Å². The van der Waals surface area contributed by atoms with E-state index < -0.39 is 11.8 Å². The van der Waals surface area contributed by atoms with Crippen LogP contribution < -0.4 is 0 Å². The molecule has 0 radical (unpaired) electrons. The van der Waals surface area contributed by atoms with E-state index in [0.717, 1.165) is 4.90 Å². The number of hydrogen-bond donors (Lipinski definition) is 0. The van der Waals surface area contributed by atoms with Crippen molar-refractivity contribution in [1.82, 2.24) is 4.90 Å². The second kappa shape index (κ2) is 9.29. The molecule has 0 fully saturated rings. The lowest BCUT2D eigenvalue weighted by molar-refractivity contribution is -0.141. The number of halogens is 3. The number of rotatable bonds is 4. The molecule has 1 aliphatic heterocycles. The number of carbonyl (C=O) groups is 2. The third kappa shape index (κ3) is 4.34. The van der Waals surface area contributed by atoms with E-state index in [2.05, 4.69) is 0 Å². The standard InChI is InChI=1S/C25H15Cl3N2O3/c1-14-18(11-16-9-10-22(33-16)17-6-4-8-21(27)23(17)28)24(31)30(25(32)19(14)12-29)13-15-5-2-3-7-20(15)26/h2-11H,13H2,1H3/b18-11+. The van der Waals surface area contributed by atoms with Gasteiger partial charge in [0.15, 0.2) is 0 Å². The van der Waals surface area contributed by atoms with Crippen LogP contribution in [0.15, 0.2) is 75.7 Å². The maximum atomic E-state index is 13.3. The summed E-state index contributed by atoms with van der Waals surface area (Å²) in [6.07, 6.45) is 1.50. The van der Waals surface area contributed by atoms with E-state index in [1.54, 1.807) is 61.5 Å². The summed E-state index contributed by atoms with van der Waals surface area (Å²) in [5, 5.41) is 10.7. The highest BCUT2D eigenvalue weighted by Gasteiger charge is 2.36. The van der Waals surface area contributed by atoms with Crippen LogP contribution >= 0.6 is 34.8 Å². The fourth-order valence-electron chi connectivity index (χ4n) is 3.48. The maximum Gasteiger partial charge on any atom is 0.271 e. The van der Waals surface area contributed by atoms with E-state index >= 15 is 0 Å². The first-order chi connectivity index (χ1) is 15.8. The van der Waals surface area contributed by atoms with Crippen molar-refractivity contribution >= 4 is 52.7 Å². The van der Waals surface area contributed by atoms with Gasteiger partial charge >= 0.3 is 0 Å². The Labute approximate surface area is 205 Å². The highest BCUT2D eigenvalue weighted by Crippen LogP contribution is 2.35. The smallest absolute Gasteiger partial charge is 0.271 e. The van der Waals surface area contributed by atoms with Crippen molar-refractivity contribution in [1.29, 1.82) is 5.26 Å². The van der Waals surface area contributed by atoms with Gasteiger partial charge in [-0.25, -0.2) is 0 Å². The second-order valence-corrected chi connectivity index (χ2v) is 8.45. The fourth-order valence-corrected chi connectivity index (χ4v) is 4.07. The molecule has 33 heavy (non-hydrogen) atoms. The normalized spacial score (nSPS) is 15.4. The average Bonchev–Trinajstić information content (AvgIpc) is 3.26. The molecule has 0 atom stereocenters. The van der Waals surface area contributed by atoms with Crippen LogP contribution in [0.25, 0.3) is 17.4 Å². The molecule has 1 aliphatic rings. The average molecular weight is 498 g/mol. The molecule has 1 aromatic heterocycles. The van der Waals surface area contributed by atoms with Crippen LogP contribution in [0, 0.1) is 11.3 Å². The molecule has 0 unspecified atom stereocenters. The van der Waals surface area contributed by atoms with E-state index in [9.17, 15) is 14.9 Å². The Bertz CT molecular complexity index is 1400. The first-order valence-corrected chi connectivity index (χ1v) is 10.9. The summed E-state index contributed by atoms with van der Waals surface area (Å²) in [7, 11) is 0. The summed E-state index contributed by atoms with van der Waals surface area (Å²) in [5.74, 6) is -0.394. The van der Waals surface area contributed by atoms with E-state index in [1.165, 1.54) is 6.08 Å². The van der Waals surface area contributed by atoms with E-state index in [4.69, 9.17) is 39.2 Å². The van der Waals surface area contributed by atoms with Crippen molar-refractivity contribution in [3.05, 3.63) is 97.7 Å². The van der Waals surface area contributed by atoms with Gasteiger partial charge in [-0.15, -0.1) is 0 Å². The van der Waals surface area contributed by atoms with Gasteiger partial charge in [-0.3, -0.25) is 14.5 Å². The molecule has 2 amide bonds. The Morgan fingerprint density at radius 1 is 0.970 bits per heavy atom. The summed E-state index contributed by atoms with van der Waals surface area (Å²) in [6.45, 7) is 1.50. The molecule has 3 aromatic rings.